The normalized spacial score (nSPS) is 26.1. The number of rotatable bonds is 3. The van der Waals surface area contributed by atoms with Gasteiger partial charge in [-0.3, -0.25) is 4.79 Å². The molecule has 0 aromatic rings. The third-order valence-electron chi connectivity index (χ3n) is 2.56. The summed E-state index contributed by atoms with van der Waals surface area (Å²) in [7, 11) is 1.90. The van der Waals surface area contributed by atoms with Gasteiger partial charge in [0.05, 0.1) is 25.7 Å². The molecular formula is C10H20N2O2. The Bertz CT molecular complexity index is 197. The molecule has 1 saturated heterocycles. The van der Waals surface area contributed by atoms with Gasteiger partial charge in [0.2, 0.25) is 5.91 Å². The number of likely N-dealkylation sites (N-methyl/N-ethyl adjacent to an activating group) is 1. The maximum Gasteiger partial charge on any atom is 0.225 e. The highest BCUT2D eigenvalue weighted by molar-refractivity contribution is 5.77. The third-order valence-corrected chi connectivity index (χ3v) is 2.56. The Kier molecular flexibility index (Phi) is 4.35. The standard InChI is InChI=1S/C10H20N2O2/c1-8(6-11-3)12-9(2)7-14-5-4-10(12)13/h8-9,11H,4-7H2,1-3H3. The summed E-state index contributed by atoms with van der Waals surface area (Å²) in [5, 5.41) is 3.09. The fourth-order valence-corrected chi connectivity index (χ4v) is 1.94. The first kappa shape index (κ1) is 11.5. The molecule has 82 valence electrons. The maximum atomic E-state index is 11.8. The average molecular weight is 200 g/mol. The number of carbonyl (C=O) groups excluding carboxylic acids is 1. The third kappa shape index (κ3) is 2.69. The van der Waals surface area contributed by atoms with Crippen LogP contribution in [0, 0.1) is 0 Å². The highest BCUT2D eigenvalue weighted by atomic mass is 16.5. The fraction of sp³-hybridized carbons (Fsp3) is 0.900. The summed E-state index contributed by atoms with van der Waals surface area (Å²) in [4.78, 5) is 13.7. The van der Waals surface area contributed by atoms with Gasteiger partial charge in [-0.25, -0.2) is 0 Å². The zero-order valence-electron chi connectivity index (χ0n) is 9.25. The van der Waals surface area contributed by atoms with Crippen LogP contribution in [0.15, 0.2) is 0 Å². The molecule has 0 radical (unpaired) electrons. The molecule has 4 heteroatoms. The number of amides is 1. The van der Waals surface area contributed by atoms with Crippen LogP contribution in [0.25, 0.3) is 0 Å². The van der Waals surface area contributed by atoms with E-state index in [4.69, 9.17) is 4.74 Å². The maximum absolute atomic E-state index is 11.8. The Hall–Kier alpha value is -0.610. The van der Waals surface area contributed by atoms with Crippen molar-refractivity contribution in [3.8, 4) is 0 Å². The Labute approximate surface area is 85.6 Å². The average Bonchev–Trinajstić information content (AvgIpc) is 2.28. The Morgan fingerprint density at radius 3 is 3.07 bits per heavy atom. The van der Waals surface area contributed by atoms with Crippen LogP contribution in [0.1, 0.15) is 20.3 Å². The van der Waals surface area contributed by atoms with Gasteiger partial charge in [-0.15, -0.1) is 0 Å². The highest BCUT2D eigenvalue weighted by Crippen LogP contribution is 2.12. The van der Waals surface area contributed by atoms with Crippen LogP contribution in [0.4, 0.5) is 0 Å². The van der Waals surface area contributed by atoms with E-state index in [1.54, 1.807) is 0 Å². The van der Waals surface area contributed by atoms with Crippen LogP contribution in [0.3, 0.4) is 0 Å². The quantitative estimate of drug-likeness (QED) is 0.709. The van der Waals surface area contributed by atoms with Crippen LogP contribution in [-0.4, -0.2) is 49.7 Å². The molecule has 1 heterocycles. The van der Waals surface area contributed by atoms with Crippen molar-refractivity contribution < 1.29 is 9.53 Å². The largest absolute Gasteiger partial charge is 0.379 e. The molecule has 1 N–H and O–H groups in total. The van der Waals surface area contributed by atoms with Gasteiger partial charge in [0.1, 0.15) is 0 Å². The van der Waals surface area contributed by atoms with Gasteiger partial charge in [0.25, 0.3) is 0 Å². The first-order chi connectivity index (χ1) is 6.66. The summed E-state index contributed by atoms with van der Waals surface area (Å²) in [5.41, 5.74) is 0. The van der Waals surface area contributed by atoms with Crippen LogP contribution >= 0.6 is 0 Å². The number of hydrogen-bond acceptors (Lipinski definition) is 3. The predicted molar refractivity (Wildman–Crippen MR) is 55.1 cm³/mol. The number of ether oxygens (including phenoxy) is 1. The summed E-state index contributed by atoms with van der Waals surface area (Å²) in [6, 6.07) is 0.428. The van der Waals surface area contributed by atoms with Gasteiger partial charge in [0.15, 0.2) is 0 Å². The lowest BCUT2D eigenvalue weighted by molar-refractivity contribution is -0.134. The van der Waals surface area contributed by atoms with E-state index in [9.17, 15) is 4.79 Å². The van der Waals surface area contributed by atoms with E-state index >= 15 is 0 Å². The van der Waals surface area contributed by atoms with Crippen LogP contribution in [0.2, 0.25) is 0 Å². The summed E-state index contributed by atoms with van der Waals surface area (Å²) in [6.07, 6.45) is 0.512. The number of hydrogen-bond donors (Lipinski definition) is 1. The molecule has 0 aliphatic carbocycles. The lowest BCUT2D eigenvalue weighted by atomic mass is 10.2. The predicted octanol–water partition coefficient (Wildman–Crippen LogP) is 0.232. The fourth-order valence-electron chi connectivity index (χ4n) is 1.94. The Morgan fingerprint density at radius 1 is 1.71 bits per heavy atom. The van der Waals surface area contributed by atoms with Crippen LogP contribution in [0.5, 0.6) is 0 Å². The molecule has 0 aromatic carbocycles. The minimum Gasteiger partial charge on any atom is -0.379 e. The molecule has 0 saturated carbocycles. The van der Waals surface area contributed by atoms with E-state index in [0.717, 1.165) is 6.54 Å². The minimum atomic E-state index is 0.188. The van der Waals surface area contributed by atoms with E-state index < -0.39 is 0 Å². The van der Waals surface area contributed by atoms with Crippen molar-refractivity contribution in [2.75, 3.05) is 26.8 Å². The first-order valence-corrected chi connectivity index (χ1v) is 5.20. The molecule has 1 amide bonds. The zero-order chi connectivity index (χ0) is 10.6. The van der Waals surface area contributed by atoms with E-state index in [0.29, 0.717) is 19.6 Å². The van der Waals surface area contributed by atoms with Crippen molar-refractivity contribution in [2.24, 2.45) is 0 Å². The van der Waals surface area contributed by atoms with Crippen molar-refractivity contribution in [3.63, 3.8) is 0 Å². The molecule has 4 nitrogen and oxygen atoms in total. The Morgan fingerprint density at radius 2 is 2.43 bits per heavy atom. The zero-order valence-corrected chi connectivity index (χ0v) is 9.25. The second-order valence-electron chi connectivity index (χ2n) is 3.88. The second kappa shape index (κ2) is 5.32. The summed E-state index contributed by atoms with van der Waals surface area (Å²) in [5.74, 6) is 0.206. The summed E-state index contributed by atoms with van der Waals surface area (Å²) < 4.78 is 5.35. The number of nitrogens with one attached hydrogen (secondary N) is 1. The molecule has 1 aliphatic rings. The smallest absolute Gasteiger partial charge is 0.225 e. The van der Waals surface area contributed by atoms with E-state index in [1.807, 2.05) is 18.9 Å². The van der Waals surface area contributed by atoms with Gasteiger partial charge < -0.3 is 15.0 Å². The first-order valence-electron chi connectivity index (χ1n) is 5.20. The molecule has 1 fully saturated rings. The number of carbonyl (C=O) groups is 1. The van der Waals surface area contributed by atoms with E-state index in [-0.39, 0.29) is 18.0 Å². The van der Waals surface area contributed by atoms with Crippen LogP contribution in [-0.2, 0) is 9.53 Å². The van der Waals surface area contributed by atoms with Crippen molar-refractivity contribution in [3.05, 3.63) is 0 Å². The highest BCUT2D eigenvalue weighted by Gasteiger charge is 2.27. The summed E-state index contributed by atoms with van der Waals surface area (Å²) in [6.45, 7) is 6.15. The molecule has 1 rings (SSSR count). The van der Waals surface area contributed by atoms with Gasteiger partial charge in [-0.1, -0.05) is 0 Å². The van der Waals surface area contributed by atoms with Gasteiger partial charge >= 0.3 is 0 Å². The lowest BCUT2D eigenvalue weighted by Crippen LogP contribution is -2.48. The van der Waals surface area contributed by atoms with Crippen molar-refractivity contribution in [2.45, 2.75) is 32.4 Å². The second-order valence-corrected chi connectivity index (χ2v) is 3.88. The lowest BCUT2D eigenvalue weighted by Gasteiger charge is -2.32. The molecular weight excluding hydrogens is 180 g/mol. The Balaban J connectivity index is 2.64. The molecule has 0 spiro atoms. The molecule has 0 aromatic heterocycles. The van der Waals surface area contributed by atoms with E-state index in [2.05, 4.69) is 12.2 Å². The SMILES string of the molecule is CNCC(C)N1C(=O)CCOCC1C. The molecule has 2 atom stereocenters. The van der Waals surface area contributed by atoms with Crippen LogP contribution < -0.4 is 5.32 Å². The topological polar surface area (TPSA) is 41.6 Å². The minimum absolute atomic E-state index is 0.188. The van der Waals surface area contributed by atoms with Crippen molar-refractivity contribution in [1.82, 2.24) is 10.2 Å². The van der Waals surface area contributed by atoms with Gasteiger partial charge in [0, 0.05) is 12.6 Å². The van der Waals surface area contributed by atoms with Crippen molar-refractivity contribution >= 4 is 5.91 Å². The van der Waals surface area contributed by atoms with Crippen molar-refractivity contribution in [1.29, 1.82) is 0 Å². The van der Waals surface area contributed by atoms with Gasteiger partial charge in [-0.2, -0.15) is 0 Å². The van der Waals surface area contributed by atoms with E-state index in [1.165, 1.54) is 0 Å². The molecule has 0 bridgehead atoms. The molecule has 1 aliphatic heterocycles. The molecule has 14 heavy (non-hydrogen) atoms. The summed E-state index contributed by atoms with van der Waals surface area (Å²) >= 11 is 0. The van der Waals surface area contributed by atoms with Gasteiger partial charge in [-0.05, 0) is 20.9 Å². The number of nitrogens with zero attached hydrogens (tertiary/aromatic N) is 1. The molecule has 2 unspecified atom stereocenters. The monoisotopic (exact) mass is 200 g/mol.